The SMILES string of the molecule is Brc1ccc(-n2c3ccccc3c3ccccc32)cc1.CC(C)(C)P(C(C)(C)C)C(C)(C)C.CC(C)(C)[O-].[2HH].[Na+].c1ccc(-c2nc3cccc4c3n2-c2ccccc2N4)cc1.c1ccc(-c2nc3cccc4c3n2-c2ccccc2N4c2ccc(-n3c4ccccc4c4ccccc43)cc2)cc1. The van der Waals surface area contributed by atoms with Crippen molar-refractivity contribution in [2.24, 2.45) is 0 Å². The Balaban J connectivity index is 0.000000137. The summed E-state index contributed by atoms with van der Waals surface area (Å²) in [5.41, 5.74) is 20.8. The molecule has 102 heavy (non-hydrogen) atoms. The summed E-state index contributed by atoms with van der Waals surface area (Å²) in [5.74, 6) is 1.94. The number of rotatable bonds is 5. The van der Waals surface area contributed by atoms with Gasteiger partial charge in [-0.25, -0.2) is 9.97 Å². The van der Waals surface area contributed by atoms with Crippen LogP contribution in [0.3, 0.4) is 0 Å². The van der Waals surface area contributed by atoms with Gasteiger partial charge in [0.1, 0.15) is 11.6 Å². The predicted octanol–water partition coefficient (Wildman–Crippen LogP) is 22.1. The number of aromatic nitrogens is 6. The van der Waals surface area contributed by atoms with E-state index in [1.165, 1.54) is 49.3 Å². The largest absolute Gasteiger partial charge is 1.00 e. The molecule has 6 heterocycles. The second kappa shape index (κ2) is 28.8. The van der Waals surface area contributed by atoms with E-state index in [0.29, 0.717) is 15.5 Å². The van der Waals surface area contributed by atoms with Crippen LogP contribution >= 0.6 is 23.9 Å². The smallest absolute Gasteiger partial charge is 0.850 e. The molecule has 0 saturated heterocycles. The molecule has 12 heteroatoms. The van der Waals surface area contributed by atoms with Gasteiger partial charge in [-0.1, -0.05) is 277 Å². The molecule has 2 aliphatic rings. The van der Waals surface area contributed by atoms with Crippen molar-refractivity contribution >= 4 is 118 Å². The number of halogens is 1. The maximum absolute atomic E-state index is 10.1. The first-order chi connectivity index (χ1) is 48.5. The van der Waals surface area contributed by atoms with E-state index >= 15 is 0 Å². The van der Waals surface area contributed by atoms with Crippen LogP contribution in [0.1, 0.15) is 84.5 Å². The summed E-state index contributed by atoms with van der Waals surface area (Å²) in [6, 6.07) is 102. The molecule has 18 rings (SSSR count). The molecule has 0 aliphatic carbocycles. The fourth-order valence-electron chi connectivity index (χ4n) is 15.5. The van der Waals surface area contributed by atoms with Crippen molar-refractivity contribution in [2.75, 3.05) is 10.2 Å². The summed E-state index contributed by atoms with van der Waals surface area (Å²) >= 11 is 3.50. The number of imidazole rings is 2. The van der Waals surface area contributed by atoms with Crippen molar-refractivity contribution in [3.63, 3.8) is 0 Å². The first-order valence-electron chi connectivity index (χ1n) is 34.7. The molecule has 0 atom stereocenters. The fraction of sp³-hybridized carbons (Fsp3) is 0.178. The number of hydrogen-bond donors (Lipinski definition) is 1. The predicted molar refractivity (Wildman–Crippen MR) is 435 cm³/mol. The van der Waals surface area contributed by atoms with Crippen molar-refractivity contribution in [1.29, 1.82) is 0 Å². The Kier molecular flexibility index (Phi) is 20.1. The van der Waals surface area contributed by atoms with Crippen LogP contribution in [0.15, 0.2) is 296 Å². The molecule has 0 amide bonds. The molecular formula is C90H87BrN8NaOP. The Labute approximate surface area is 632 Å². The molecule has 0 spiro atoms. The van der Waals surface area contributed by atoms with Crippen molar-refractivity contribution < 1.29 is 36.1 Å². The van der Waals surface area contributed by atoms with Crippen molar-refractivity contribution in [2.45, 2.75) is 104 Å². The first kappa shape index (κ1) is 71.1. The zero-order valence-corrected chi connectivity index (χ0v) is 65.1. The second-order valence-corrected chi connectivity index (χ2v) is 35.4. The van der Waals surface area contributed by atoms with Gasteiger partial charge >= 0.3 is 29.6 Å². The molecule has 4 aromatic heterocycles. The third kappa shape index (κ3) is 14.2. The molecule has 0 bridgehead atoms. The summed E-state index contributed by atoms with van der Waals surface area (Å²) in [6.45, 7) is 26.4. The van der Waals surface area contributed by atoms with Crippen LogP contribution in [-0.4, -0.2) is 49.3 Å². The first-order valence-corrected chi connectivity index (χ1v) is 36.9. The number of fused-ring (bicyclic) bond motifs is 10. The normalized spacial score (nSPS) is 12.3. The van der Waals surface area contributed by atoms with E-state index in [9.17, 15) is 5.11 Å². The van der Waals surface area contributed by atoms with Gasteiger partial charge in [-0.2, -0.15) is 0 Å². The van der Waals surface area contributed by atoms with Gasteiger partial charge in [-0.15, -0.1) is 5.60 Å². The molecule has 506 valence electrons. The summed E-state index contributed by atoms with van der Waals surface area (Å²) in [4.78, 5) is 12.4. The van der Waals surface area contributed by atoms with Crippen LogP contribution < -0.4 is 44.9 Å². The van der Waals surface area contributed by atoms with E-state index < -0.39 is 5.60 Å². The minimum atomic E-state index is -0.750. The van der Waals surface area contributed by atoms with Crippen LogP contribution in [0.4, 0.5) is 28.4 Å². The quantitative estimate of drug-likeness (QED) is 0.137. The summed E-state index contributed by atoms with van der Waals surface area (Å²) in [5, 5.41) is 20.1. The molecule has 0 unspecified atom stereocenters. The van der Waals surface area contributed by atoms with Gasteiger partial charge in [-0.05, 0) is 137 Å². The Hall–Kier alpha value is -9.35. The topological polar surface area (TPSA) is 83.8 Å². The number of para-hydroxylation sites is 10. The molecule has 12 aromatic carbocycles. The van der Waals surface area contributed by atoms with Gasteiger partial charge in [0.15, 0.2) is 0 Å². The zero-order chi connectivity index (χ0) is 70.5. The maximum atomic E-state index is 10.1. The third-order valence-electron chi connectivity index (χ3n) is 18.0. The van der Waals surface area contributed by atoms with Gasteiger partial charge in [0, 0.05) is 55.6 Å². The average Bonchev–Trinajstić information content (AvgIpc) is 1.65. The summed E-state index contributed by atoms with van der Waals surface area (Å²) < 4.78 is 10.4. The summed E-state index contributed by atoms with van der Waals surface area (Å²) in [6.07, 6.45) is 0. The summed E-state index contributed by atoms with van der Waals surface area (Å²) in [7, 11) is 0.0162. The number of benzene rings is 12. The molecule has 9 nitrogen and oxygen atoms in total. The standard InChI is InChI=1S/C37H24N4.C19H13N3.C18H12BrN.C12H27P.C4H9O.Na.H2/c1-2-11-25(12-3-1)37-38-30-15-10-20-35-36(30)41(37)34-19-9-8-18-33(34)40(35)27-23-21-26(22-24-27)39-31-16-6-4-13-28(31)29-14-5-7-17-32(29)39;1-2-7-13(8-3-1)19-21-16-11-6-10-15-18(16)22(19)17-12-5-4-9-14(17)20-15;19-13-9-11-14(12-10-13)20-17-7-3-1-5-15(17)16-6-2-4-8-18(16)20;1-10(2,3)13(11(4,5)6)12(7,8)9;1-4(2,3)5;;/h1-24H;1-12,20H;1-12H;1-9H3;1-3H3;;1H/q;;;;-1;+1;/i;;;;;;1+1. The average molecular weight is 1430 g/mol. The van der Waals surface area contributed by atoms with E-state index in [-0.39, 0.29) is 38.9 Å². The van der Waals surface area contributed by atoms with Crippen LogP contribution in [0.5, 0.6) is 0 Å². The molecule has 0 saturated carbocycles. The van der Waals surface area contributed by atoms with Crippen molar-refractivity contribution in [1.82, 2.24) is 28.2 Å². The van der Waals surface area contributed by atoms with Crippen molar-refractivity contribution in [3.8, 4) is 45.5 Å². The fourth-order valence-corrected chi connectivity index (χ4v) is 21.8. The van der Waals surface area contributed by atoms with E-state index in [1.54, 1.807) is 20.8 Å². The van der Waals surface area contributed by atoms with Gasteiger partial charge in [-0.3, -0.25) is 9.13 Å². The Morgan fingerprint density at radius 3 is 1.11 bits per heavy atom. The van der Waals surface area contributed by atoms with Gasteiger partial charge in [0.25, 0.3) is 0 Å². The van der Waals surface area contributed by atoms with E-state index in [0.717, 1.165) is 94.8 Å². The van der Waals surface area contributed by atoms with Gasteiger partial charge in [0.05, 0.1) is 78.3 Å². The number of anilines is 5. The number of hydrogen-bond acceptors (Lipinski definition) is 5. The molecule has 1 N–H and O–H groups in total. The van der Waals surface area contributed by atoms with E-state index in [1.807, 2.05) is 18.2 Å². The minimum absolute atomic E-state index is 0. The zero-order valence-electron chi connectivity index (χ0n) is 60.6. The molecule has 0 radical (unpaired) electrons. The Morgan fingerprint density at radius 1 is 0.333 bits per heavy atom. The third-order valence-corrected chi connectivity index (χ3v) is 22.6. The minimum Gasteiger partial charge on any atom is -0.850 e. The molecule has 16 aromatic rings. The van der Waals surface area contributed by atoms with Crippen LogP contribution in [0.25, 0.3) is 111 Å². The van der Waals surface area contributed by atoms with Crippen molar-refractivity contribution in [3.05, 3.63) is 296 Å². The van der Waals surface area contributed by atoms with Crippen LogP contribution in [-0.2, 0) is 0 Å². The van der Waals surface area contributed by atoms with E-state index in [2.05, 4.69) is 380 Å². The maximum Gasteiger partial charge on any atom is 1.00 e. The van der Waals surface area contributed by atoms with Gasteiger partial charge < -0.3 is 24.5 Å². The number of nitrogens with zero attached hydrogens (tertiary/aromatic N) is 7. The van der Waals surface area contributed by atoms with E-state index in [4.69, 9.17) is 9.97 Å². The van der Waals surface area contributed by atoms with Gasteiger partial charge in [0.2, 0.25) is 0 Å². The second-order valence-electron chi connectivity index (χ2n) is 29.8. The molecular weight excluding hydrogens is 1340 g/mol. The van der Waals surface area contributed by atoms with Crippen LogP contribution in [0.2, 0.25) is 0 Å². The number of nitrogens with one attached hydrogen (secondary N) is 1. The Bertz CT molecular complexity index is 5510. The monoisotopic (exact) mass is 1430 g/mol. The van der Waals surface area contributed by atoms with Crippen LogP contribution in [0, 0.1) is 0 Å². The Morgan fingerprint density at radius 2 is 0.667 bits per heavy atom. The molecule has 0 fully saturated rings. The molecule has 2 aliphatic heterocycles.